The average Bonchev–Trinajstić information content (AvgIpc) is 3.03. The van der Waals surface area contributed by atoms with Crippen molar-refractivity contribution in [1.29, 1.82) is 0 Å². The van der Waals surface area contributed by atoms with E-state index in [1.165, 1.54) is 0 Å². The monoisotopic (exact) mass is 283 g/mol. The Morgan fingerprint density at radius 1 is 0.905 bits per heavy atom. The van der Waals surface area contributed by atoms with Gasteiger partial charge in [-0.05, 0) is 23.6 Å². The van der Waals surface area contributed by atoms with E-state index in [-0.39, 0.29) is 5.69 Å². The number of hydrogen-bond acceptors (Lipinski definition) is 1. The van der Waals surface area contributed by atoms with Gasteiger partial charge >= 0.3 is 0 Å². The fourth-order valence-corrected chi connectivity index (χ4v) is 2.57. The second kappa shape index (κ2) is 4.34. The number of H-pyrrole nitrogens is 2. The summed E-state index contributed by atoms with van der Waals surface area (Å²) in [6.45, 7) is 0. The first-order valence-electron chi connectivity index (χ1n) is 6.52. The summed E-state index contributed by atoms with van der Waals surface area (Å²) in [5, 5.41) is 11.1. The molecule has 0 unspecified atom stereocenters. The molecule has 5 heteroatoms. The molecule has 2 aromatic rings. The molecule has 21 heavy (non-hydrogen) atoms. The Morgan fingerprint density at radius 3 is 2.67 bits per heavy atom. The van der Waals surface area contributed by atoms with E-state index in [1.807, 2.05) is 30.3 Å². The highest BCUT2D eigenvalue weighted by atomic mass is 19.1. The summed E-state index contributed by atoms with van der Waals surface area (Å²) >= 11 is 0. The molecule has 0 fully saturated rings. The fourth-order valence-electron chi connectivity index (χ4n) is 2.57. The molecule has 0 atom stereocenters. The number of anilines is 2. The van der Waals surface area contributed by atoms with Crippen LogP contribution < -0.4 is 5.32 Å². The summed E-state index contributed by atoms with van der Waals surface area (Å²) in [6, 6.07) is 13.3. The van der Waals surface area contributed by atoms with Crippen LogP contribution in [0.3, 0.4) is 0 Å². The predicted octanol–water partition coefficient (Wildman–Crippen LogP) is 4.62. The van der Waals surface area contributed by atoms with E-state index >= 15 is 0 Å². The zero-order chi connectivity index (χ0) is 14.4. The Balaban J connectivity index is 1.80. The van der Waals surface area contributed by atoms with Crippen molar-refractivity contribution in [1.82, 2.24) is 10.2 Å². The van der Waals surface area contributed by atoms with Gasteiger partial charge in [-0.25, -0.2) is 8.78 Å². The van der Waals surface area contributed by atoms with Crippen LogP contribution in [0.4, 0.5) is 20.3 Å². The van der Waals surface area contributed by atoms with Crippen molar-refractivity contribution in [3.05, 3.63) is 60.2 Å². The van der Waals surface area contributed by atoms with Crippen LogP contribution in [0.5, 0.6) is 0 Å². The molecule has 3 nitrogen and oxygen atoms in total. The number of rotatable bonds is 2. The van der Waals surface area contributed by atoms with Gasteiger partial charge in [0.25, 0.3) is 0 Å². The van der Waals surface area contributed by atoms with Gasteiger partial charge in [-0.1, -0.05) is 24.3 Å². The van der Waals surface area contributed by atoms with Gasteiger partial charge in [-0.2, -0.15) is 0 Å². The van der Waals surface area contributed by atoms with E-state index in [0.717, 1.165) is 40.2 Å². The van der Waals surface area contributed by atoms with Crippen LogP contribution in [0.25, 0.3) is 22.0 Å². The highest BCUT2D eigenvalue weighted by Crippen LogP contribution is 2.38. The van der Waals surface area contributed by atoms with Gasteiger partial charge in [0.2, 0.25) is 0 Å². The van der Waals surface area contributed by atoms with Crippen molar-refractivity contribution in [2.24, 2.45) is 0 Å². The molecule has 0 aromatic heterocycles. The largest absolute Gasteiger partial charge is 0.338 e. The number of aromatic nitrogens is 2. The molecule has 2 aromatic carbocycles. The fraction of sp³-hybridized carbons (Fsp3) is 0. The smallest absolute Gasteiger partial charge is 0.146 e. The SMILES string of the molecule is Fc1ccc(F)c(Nc2[nH][nH]c3c4ccccc4cc2-3)c1. The molecule has 0 radical (unpaired) electrons. The normalized spacial score (nSPS) is 11.3. The number of nitrogens with one attached hydrogen (secondary N) is 3. The van der Waals surface area contributed by atoms with Crippen molar-refractivity contribution >= 4 is 22.3 Å². The second-order valence-electron chi connectivity index (χ2n) is 4.89. The Labute approximate surface area is 118 Å². The van der Waals surface area contributed by atoms with E-state index in [4.69, 9.17) is 0 Å². The Morgan fingerprint density at radius 2 is 1.76 bits per heavy atom. The lowest BCUT2D eigenvalue weighted by Gasteiger charge is -2.06. The Kier molecular flexibility index (Phi) is 2.47. The highest BCUT2D eigenvalue weighted by molar-refractivity contribution is 6.04. The number of benzene rings is 2. The minimum absolute atomic E-state index is 0.0948. The van der Waals surface area contributed by atoms with Gasteiger partial charge in [0.1, 0.15) is 17.5 Å². The quantitative estimate of drug-likeness (QED) is 0.493. The Bertz CT molecular complexity index is 907. The zero-order valence-electron chi connectivity index (χ0n) is 10.9. The first-order valence-corrected chi connectivity index (χ1v) is 6.52. The van der Waals surface area contributed by atoms with Crippen LogP contribution in [-0.4, -0.2) is 10.2 Å². The number of fused-ring (bicyclic) bond motifs is 3. The third kappa shape index (κ3) is 1.86. The van der Waals surface area contributed by atoms with Crippen LogP contribution in [0.1, 0.15) is 0 Å². The third-order valence-electron chi connectivity index (χ3n) is 3.57. The van der Waals surface area contributed by atoms with Crippen LogP contribution in [0, 0.1) is 11.6 Å². The lowest BCUT2D eigenvalue weighted by molar-refractivity contribution is 0.603. The first-order chi connectivity index (χ1) is 10.2. The van der Waals surface area contributed by atoms with Crippen LogP contribution in [0.15, 0.2) is 48.5 Å². The van der Waals surface area contributed by atoms with Crippen molar-refractivity contribution in [3.63, 3.8) is 0 Å². The number of hydrogen-bond donors (Lipinski definition) is 3. The number of halogens is 2. The number of aromatic amines is 2. The van der Waals surface area contributed by atoms with E-state index in [9.17, 15) is 8.78 Å². The van der Waals surface area contributed by atoms with E-state index in [0.29, 0.717) is 5.82 Å². The predicted molar refractivity (Wildman–Crippen MR) is 78.9 cm³/mol. The van der Waals surface area contributed by atoms with E-state index in [1.54, 1.807) is 0 Å². The molecule has 0 saturated carbocycles. The lowest BCUT2D eigenvalue weighted by Crippen LogP contribution is -1.95. The second-order valence-corrected chi connectivity index (χ2v) is 4.89. The standard InChI is InChI=1S/C16H11F2N3/c17-10-5-6-13(18)14(8-10)19-16-12-7-9-3-1-2-4-11(9)15(12)20-21-16/h1-8,19-21H. The lowest BCUT2D eigenvalue weighted by atomic mass is 10.2. The van der Waals surface area contributed by atoms with E-state index in [2.05, 4.69) is 15.5 Å². The maximum absolute atomic E-state index is 13.7. The van der Waals surface area contributed by atoms with Gasteiger partial charge in [-0.3, -0.25) is 10.2 Å². The summed E-state index contributed by atoms with van der Waals surface area (Å²) in [4.78, 5) is 0. The molecule has 4 rings (SSSR count). The molecular formula is C16H11F2N3. The van der Waals surface area contributed by atoms with Gasteiger partial charge in [0.15, 0.2) is 0 Å². The topological polar surface area (TPSA) is 43.6 Å². The van der Waals surface area contributed by atoms with Crippen molar-refractivity contribution in [2.45, 2.75) is 0 Å². The van der Waals surface area contributed by atoms with E-state index < -0.39 is 11.6 Å². The summed E-state index contributed by atoms with van der Waals surface area (Å²) < 4.78 is 26.9. The van der Waals surface area contributed by atoms with Gasteiger partial charge < -0.3 is 5.32 Å². The van der Waals surface area contributed by atoms with Gasteiger partial charge in [0.05, 0.1) is 11.4 Å². The summed E-state index contributed by atoms with van der Waals surface area (Å²) in [5.74, 6) is -0.390. The molecule has 3 N–H and O–H groups in total. The molecule has 2 aliphatic rings. The Hall–Kier alpha value is -2.82. The maximum Gasteiger partial charge on any atom is 0.146 e. The van der Waals surface area contributed by atoms with Gasteiger partial charge in [-0.15, -0.1) is 0 Å². The summed E-state index contributed by atoms with van der Waals surface area (Å²) in [7, 11) is 0. The van der Waals surface area contributed by atoms with Gasteiger partial charge in [0, 0.05) is 17.0 Å². The molecule has 104 valence electrons. The minimum atomic E-state index is -0.504. The van der Waals surface area contributed by atoms with Crippen LogP contribution in [-0.2, 0) is 0 Å². The molecule has 1 aliphatic heterocycles. The summed E-state index contributed by atoms with van der Waals surface area (Å²) in [6.07, 6.45) is 0. The van der Waals surface area contributed by atoms with Crippen LogP contribution >= 0.6 is 0 Å². The average molecular weight is 283 g/mol. The summed E-state index contributed by atoms with van der Waals surface area (Å²) in [5.41, 5.74) is 1.93. The van der Waals surface area contributed by atoms with Crippen molar-refractivity contribution in [3.8, 4) is 11.3 Å². The minimum Gasteiger partial charge on any atom is -0.338 e. The molecule has 0 saturated heterocycles. The maximum atomic E-state index is 13.7. The third-order valence-corrected chi connectivity index (χ3v) is 3.57. The molecule has 0 amide bonds. The zero-order valence-corrected chi connectivity index (χ0v) is 10.9. The molecule has 1 aliphatic carbocycles. The van der Waals surface area contributed by atoms with Crippen molar-refractivity contribution in [2.75, 3.05) is 5.32 Å². The van der Waals surface area contributed by atoms with Crippen molar-refractivity contribution < 1.29 is 8.78 Å². The molecule has 0 bridgehead atoms. The molecule has 1 heterocycles. The molecule has 0 spiro atoms. The highest BCUT2D eigenvalue weighted by Gasteiger charge is 2.17. The van der Waals surface area contributed by atoms with Crippen LogP contribution in [0.2, 0.25) is 0 Å². The molecular weight excluding hydrogens is 272 g/mol. The first kappa shape index (κ1) is 12.0.